The highest BCUT2D eigenvalue weighted by Crippen LogP contribution is 2.07. The smallest absolute Gasteiger partial charge is 0.208 e. The number of thiocarbonyl (C=S) groups is 1. The molecule has 0 radical (unpaired) electrons. The standard InChI is InChI=1S/C9H15N5O2S2/c1-18(15,16)14-4-2-3-12-9-7(8(10)17)11-5-6-13-9/h5-6,14H,2-4H2,1H3,(H2,10,17)(H,12,13). The van der Waals surface area contributed by atoms with Gasteiger partial charge >= 0.3 is 0 Å². The number of sulfonamides is 1. The molecule has 0 saturated heterocycles. The van der Waals surface area contributed by atoms with Crippen molar-refractivity contribution in [3.8, 4) is 0 Å². The molecule has 0 fully saturated rings. The molecule has 0 unspecified atom stereocenters. The minimum Gasteiger partial charge on any atom is -0.388 e. The summed E-state index contributed by atoms with van der Waals surface area (Å²) in [7, 11) is -3.14. The number of anilines is 1. The van der Waals surface area contributed by atoms with Gasteiger partial charge in [0.15, 0.2) is 5.82 Å². The predicted octanol–water partition coefficient (Wildman–Crippen LogP) is -0.538. The number of nitrogens with one attached hydrogen (secondary N) is 2. The normalized spacial score (nSPS) is 11.2. The Kier molecular flexibility index (Phi) is 5.38. The van der Waals surface area contributed by atoms with Crippen LogP contribution in [0.1, 0.15) is 12.1 Å². The molecule has 0 atom stereocenters. The van der Waals surface area contributed by atoms with E-state index in [4.69, 9.17) is 18.0 Å². The molecule has 0 spiro atoms. The third kappa shape index (κ3) is 5.34. The van der Waals surface area contributed by atoms with E-state index in [0.717, 1.165) is 6.26 Å². The third-order valence-electron chi connectivity index (χ3n) is 1.94. The maximum Gasteiger partial charge on any atom is 0.208 e. The number of hydrogen-bond donors (Lipinski definition) is 3. The van der Waals surface area contributed by atoms with E-state index in [9.17, 15) is 8.42 Å². The van der Waals surface area contributed by atoms with E-state index in [2.05, 4.69) is 20.0 Å². The van der Waals surface area contributed by atoms with Crippen LogP contribution in [-0.2, 0) is 10.0 Å². The van der Waals surface area contributed by atoms with Gasteiger partial charge in [0.1, 0.15) is 10.7 Å². The van der Waals surface area contributed by atoms with Crippen LogP contribution in [0.4, 0.5) is 5.82 Å². The van der Waals surface area contributed by atoms with E-state index < -0.39 is 10.0 Å². The molecule has 100 valence electrons. The fraction of sp³-hybridized carbons (Fsp3) is 0.444. The summed E-state index contributed by atoms with van der Waals surface area (Å²) in [5, 5.41) is 3.00. The first-order chi connectivity index (χ1) is 8.40. The largest absolute Gasteiger partial charge is 0.388 e. The summed E-state index contributed by atoms with van der Waals surface area (Å²) < 4.78 is 24.0. The molecule has 0 saturated carbocycles. The van der Waals surface area contributed by atoms with Crippen LogP contribution in [0.3, 0.4) is 0 Å². The van der Waals surface area contributed by atoms with Crippen LogP contribution >= 0.6 is 12.2 Å². The van der Waals surface area contributed by atoms with Gasteiger partial charge in [-0.15, -0.1) is 0 Å². The van der Waals surface area contributed by atoms with Crippen LogP contribution in [0, 0.1) is 0 Å². The fourth-order valence-electron chi connectivity index (χ4n) is 1.20. The first-order valence-electron chi connectivity index (χ1n) is 5.19. The van der Waals surface area contributed by atoms with E-state index in [1.54, 1.807) is 0 Å². The monoisotopic (exact) mass is 289 g/mol. The van der Waals surface area contributed by atoms with Crippen molar-refractivity contribution in [2.75, 3.05) is 24.7 Å². The van der Waals surface area contributed by atoms with Gasteiger partial charge in [-0.05, 0) is 6.42 Å². The quantitative estimate of drug-likeness (QED) is 0.457. The lowest BCUT2D eigenvalue weighted by Gasteiger charge is -2.08. The lowest BCUT2D eigenvalue weighted by molar-refractivity contribution is 0.586. The minimum absolute atomic E-state index is 0.167. The van der Waals surface area contributed by atoms with Crippen LogP contribution in [0.25, 0.3) is 0 Å². The summed E-state index contributed by atoms with van der Waals surface area (Å²) in [5.74, 6) is 0.504. The lowest BCUT2D eigenvalue weighted by atomic mass is 10.3. The molecule has 4 N–H and O–H groups in total. The number of nitrogens with two attached hydrogens (primary N) is 1. The first kappa shape index (κ1) is 14.7. The van der Waals surface area contributed by atoms with Gasteiger partial charge in [-0.25, -0.2) is 23.1 Å². The number of hydrogen-bond acceptors (Lipinski definition) is 6. The van der Waals surface area contributed by atoms with Crippen molar-refractivity contribution in [2.45, 2.75) is 6.42 Å². The summed E-state index contributed by atoms with van der Waals surface area (Å²) in [4.78, 5) is 8.25. The Hall–Kier alpha value is -1.32. The van der Waals surface area contributed by atoms with Crippen molar-refractivity contribution in [1.29, 1.82) is 0 Å². The second kappa shape index (κ2) is 6.57. The van der Waals surface area contributed by atoms with Crippen molar-refractivity contribution < 1.29 is 8.42 Å². The molecule has 0 aromatic carbocycles. The minimum atomic E-state index is -3.14. The van der Waals surface area contributed by atoms with Crippen LogP contribution in [0.2, 0.25) is 0 Å². The van der Waals surface area contributed by atoms with E-state index in [1.165, 1.54) is 12.4 Å². The Morgan fingerprint density at radius 2 is 2.06 bits per heavy atom. The maximum atomic E-state index is 10.8. The number of nitrogens with zero attached hydrogens (tertiary/aromatic N) is 2. The van der Waals surface area contributed by atoms with Crippen molar-refractivity contribution in [3.05, 3.63) is 18.1 Å². The fourth-order valence-corrected chi connectivity index (χ4v) is 1.86. The SMILES string of the molecule is CS(=O)(=O)NCCCNc1nccnc1C(N)=S. The van der Waals surface area contributed by atoms with Gasteiger partial charge in [-0.3, -0.25) is 0 Å². The van der Waals surface area contributed by atoms with Crippen molar-refractivity contribution in [2.24, 2.45) is 5.73 Å². The summed E-state index contributed by atoms with van der Waals surface area (Å²) in [6.07, 6.45) is 4.76. The Labute approximate surface area is 111 Å². The molecule has 9 heteroatoms. The summed E-state index contributed by atoms with van der Waals surface area (Å²) in [5.41, 5.74) is 5.93. The first-order valence-corrected chi connectivity index (χ1v) is 7.49. The van der Waals surface area contributed by atoms with E-state index in [-0.39, 0.29) is 4.99 Å². The highest BCUT2D eigenvalue weighted by Gasteiger charge is 2.06. The van der Waals surface area contributed by atoms with Crippen LogP contribution in [0.15, 0.2) is 12.4 Å². The molecular weight excluding hydrogens is 274 g/mol. The molecule has 1 aromatic heterocycles. The Bertz CT molecular complexity index is 517. The summed E-state index contributed by atoms with van der Waals surface area (Å²) >= 11 is 4.84. The Morgan fingerprint density at radius 1 is 1.39 bits per heavy atom. The molecule has 0 aliphatic rings. The Balaban J connectivity index is 2.42. The average Bonchev–Trinajstić information content (AvgIpc) is 2.27. The second-order valence-corrected chi connectivity index (χ2v) is 5.84. The molecule has 1 aromatic rings. The predicted molar refractivity (Wildman–Crippen MR) is 73.9 cm³/mol. The molecule has 0 bridgehead atoms. The molecule has 7 nitrogen and oxygen atoms in total. The van der Waals surface area contributed by atoms with Crippen molar-refractivity contribution in [1.82, 2.24) is 14.7 Å². The molecule has 1 heterocycles. The van der Waals surface area contributed by atoms with Crippen LogP contribution in [-0.4, -0.2) is 42.7 Å². The van der Waals surface area contributed by atoms with E-state index in [0.29, 0.717) is 31.0 Å². The molecule has 1 rings (SSSR count). The Morgan fingerprint density at radius 3 is 2.67 bits per heavy atom. The number of rotatable bonds is 7. The average molecular weight is 289 g/mol. The van der Waals surface area contributed by atoms with Crippen LogP contribution < -0.4 is 15.8 Å². The van der Waals surface area contributed by atoms with Gasteiger partial charge < -0.3 is 11.1 Å². The molecular formula is C9H15N5O2S2. The van der Waals surface area contributed by atoms with Crippen LogP contribution in [0.5, 0.6) is 0 Å². The van der Waals surface area contributed by atoms with Gasteiger partial charge in [0.2, 0.25) is 10.0 Å². The van der Waals surface area contributed by atoms with Gasteiger partial charge in [0, 0.05) is 25.5 Å². The molecule has 0 aliphatic carbocycles. The highest BCUT2D eigenvalue weighted by molar-refractivity contribution is 7.88. The van der Waals surface area contributed by atoms with E-state index in [1.807, 2.05) is 0 Å². The maximum absolute atomic E-state index is 10.8. The highest BCUT2D eigenvalue weighted by atomic mass is 32.2. The zero-order valence-corrected chi connectivity index (χ0v) is 11.5. The van der Waals surface area contributed by atoms with E-state index >= 15 is 0 Å². The summed E-state index contributed by atoms with van der Waals surface area (Å²) in [6, 6.07) is 0. The van der Waals surface area contributed by atoms with Gasteiger partial charge in [0.25, 0.3) is 0 Å². The van der Waals surface area contributed by atoms with Gasteiger partial charge in [-0.1, -0.05) is 12.2 Å². The summed E-state index contributed by atoms with van der Waals surface area (Å²) in [6.45, 7) is 0.894. The van der Waals surface area contributed by atoms with Gasteiger partial charge in [0.05, 0.1) is 6.26 Å². The van der Waals surface area contributed by atoms with Gasteiger partial charge in [-0.2, -0.15) is 0 Å². The topological polar surface area (TPSA) is 110 Å². The molecule has 0 amide bonds. The third-order valence-corrected chi connectivity index (χ3v) is 2.86. The van der Waals surface area contributed by atoms with Crippen molar-refractivity contribution in [3.63, 3.8) is 0 Å². The lowest BCUT2D eigenvalue weighted by Crippen LogP contribution is -2.25. The zero-order valence-electron chi connectivity index (χ0n) is 9.88. The van der Waals surface area contributed by atoms with Crippen molar-refractivity contribution >= 4 is 33.0 Å². The second-order valence-electron chi connectivity index (χ2n) is 3.56. The zero-order chi connectivity index (χ0) is 13.6. The molecule has 18 heavy (non-hydrogen) atoms. The number of aromatic nitrogens is 2. The molecule has 0 aliphatic heterocycles.